The molecule has 0 bridgehead atoms. The predicted octanol–water partition coefficient (Wildman–Crippen LogP) is 2.79. The second kappa shape index (κ2) is 4.20. The molecule has 0 amide bonds. The number of methoxy groups -OCH3 is 1. The summed E-state index contributed by atoms with van der Waals surface area (Å²) >= 11 is 0. The van der Waals surface area contributed by atoms with E-state index in [4.69, 9.17) is 9.15 Å². The first-order valence-corrected chi connectivity index (χ1v) is 6.60. The molecule has 0 saturated heterocycles. The lowest BCUT2D eigenvalue weighted by molar-refractivity contribution is -0.120. The molecule has 0 saturated carbocycles. The van der Waals surface area contributed by atoms with E-state index in [1.807, 2.05) is 19.1 Å². The van der Waals surface area contributed by atoms with Crippen LogP contribution in [0.2, 0.25) is 0 Å². The molecule has 0 aromatic carbocycles. The maximum Gasteiger partial charge on any atom is 0.341 e. The molecule has 1 heterocycles. The molecule has 2 atom stereocenters. The van der Waals surface area contributed by atoms with E-state index in [0.717, 1.165) is 11.1 Å². The quantitative estimate of drug-likeness (QED) is 0.738. The Labute approximate surface area is 117 Å². The Bertz CT molecular complexity index is 662. The molecular formula is C16H16O4. The third-order valence-electron chi connectivity index (χ3n) is 4.63. The number of carbonyl (C=O) groups is 2. The molecule has 20 heavy (non-hydrogen) atoms. The van der Waals surface area contributed by atoms with Gasteiger partial charge in [0, 0.05) is 16.9 Å². The number of furan rings is 1. The number of ether oxygens (including phenoxy) is 1. The average molecular weight is 272 g/mol. The molecule has 1 aromatic rings. The van der Waals surface area contributed by atoms with E-state index in [1.54, 1.807) is 6.08 Å². The van der Waals surface area contributed by atoms with E-state index >= 15 is 0 Å². The second-order valence-electron chi connectivity index (χ2n) is 5.64. The maximum absolute atomic E-state index is 12.0. The number of esters is 1. The van der Waals surface area contributed by atoms with Gasteiger partial charge in [0.1, 0.15) is 17.6 Å². The van der Waals surface area contributed by atoms with Gasteiger partial charge in [-0.25, -0.2) is 4.79 Å². The van der Waals surface area contributed by atoms with Crippen molar-refractivity contribution in [1.29, 1.82) is 0 Å². The Balaban J connectivity index is 2.14. The molecule has 3 rings (SSSR count). The van der Waals surface area contributed by atoms with Crippen LogP contribution in [0.1, 0.15) is 35.5 Å². The molecule has 0 N–H and O–H groups in total. The molecule has 0 fully saturated rings. The number of hydrogen-bond acceptors (Lipinski definition) is 4. The lowest BCUT2D eigenvalue weighted by Gasteiger charge is -2.40. The van der Waals surface area contributed by atoms with Gasteiger partial charge in [-0.15, -0.1) is 0 Å². The summed E-state index contributed by atoms with van der Waals surface area (Å²) in [6, 6.07) is 0. The topological polar surface area (TPSA) is 56.5 Å². The second-order valence-corrected chi connectivity index (χ2v) is 5.64. The molecule has 1 aromatic heterocycles. The van der Waals surface area contributed by atoms with Crippen molar-refractivity contribution in [2.24, 2.45) is 11.3 Å². The van der Waals surface area contributed by atoms with Gasteiger partial charge in [0.15, 0.2) is 5.78 Å². The minimum absolute atomic E-state index is 0.118. The van der Waals surface area contributed by atoms with Gasteiger partial charge in [0.25, 0.3) is 0 Å². The van der Waals surface area contributed by atoms with Crippen molar-refractivity contribution in [2.45, 2.75) is 20.3 Å². The highest BCUT2D eigenvalue weighted by atomic mass is 16.5. The van der Waals surface area contributed by atoms with Crippen LogP contribution in [0.15, 0.2) is 28.4 Å². The zero-order valence-corrected chi connectivity index (χ0v) is 11.7. The van der Waals surface area contributed by atoms with Gasteiger partial charge in [-0.2, -0.15) is 0 Å². The lowest BCUT2D eigenvalue weighted by atomic mass is 9.62. The van der Waals surface area contributed by atoms with Gasteiger partial charge in [0.2, 0.25) is 0 Å². The summed E-state index contributed by atoms with van der Waals surface area (Å²) in [5, 5.41) is 0. The predicted molar refractivity (Wildman–Crippen MR) is 73.1 cm³/mol. The fourth-order valence-electron chi connectivity index (χ4n) is 3.03. The Kier molecular flexibility index (Phi) is 2.71. The van der Waals surface area contributed by atoms with Crippen LogP contribution in [0.5, 0.6) is 0 Å². The largest absolute Gasteiger partial charge is 0.465 e. The van der Waals surface area contributed by atoms with Crippen LogP contribution in [-0.2, 0) is 16.0 Å². The SMILES string of the molecule is COC(=O)c1coc2c1CC1(C)C(=C2)C=CC(=O)C1C. The van der Waals surface area contributed by atoms with Crippen molar-refractivity contribution in [3.8, 4) is 0 Å². The summed E-state index contributed by atoms with van der Waals surface area (Å²) in [5.74, 6) is 0.286. The highest BCUT2D eigenvalue weighted by Gasteiger charge is 2.44. The van der Waals surface area contributed by atoms with Gasteiger partial charge >= 0.3 is 5.97 Å². The first-order valence-electron chi connectivity index (χ1n) is 6.60. The zero-order chi connectivity index (χ0) is 14.5. The standard InChI is InChI=1S/C16H16O4/c1-9-13(17)5-4-10-6-14-11(7-16(9,10)2)12(8-20-14)15(18)19-3/h4-6,8-9H,7H2,1-3H3. The van der Waals surface area contributed by atoms with Gasteiger partial charge < -0.3 is 9.15 Å². The highest BCUT2D eigenvalue weighted by Crippen LogP contribution is 2.48. The van der Waals surface area contributed by atoms with Crippen molar-refractivity contribution in [3.63, 3.8) is 0 Å². The summed E-state index contributed by atoms with van der Waals surface area (Å²) < 4.78 is 10.2. The zero-order valence-electron chi connectivity index (χ0n) is 11.7. The number of ketones is 1. The molecule has 104 valence electrons. The van der Waals surface area contributed by atoms with Crippen LogP contribution in [0.3, 0.4) is 0 Å². The summed E-state index contributed by atoms with van der Waals surface area (Å²) in [4.78, 5) is 23.7. The van der Waals surface area contributed by atoms with Gasteiger partial charge in [-0.05, 0) is 24.1 Å². The average Bonchev–Trinajstić information content (AvgIpc) is 2.83. The summed E-state index contributed by atoms with van der Waals surface area (Å²) in [5.41, 5.74) is 2.06. The Hall–Kier alpha value is -2.10. The maximum atomic E-state index is 12.0. The van der Waals surface area contributed by atoms with Gasteiger partial charge in [-0.3, -0.25) is 4.79 Å². The van der Waals surface area contributed by atoms with Crippen molar-refractivity contribution in [2.75, 3.05) is 7.11 Å². The molecule has 2 aliphatic carbocycles. The molecule has 2 aliphatic rings. The first kappa shape index (κ1) is 12.9. The molecule has 2 unspecified atom stereocenters. The van der Waals surface area contributed by atoms with Crippen LogP contribution in [0, 0.1) is 11.3 Å². The van der Waals surface area contributed by atoms with Crippen LogP contribution in [-0.4, -0.2) is 18.9 Å². The Morgan fingerprint density at radius 3 is 2.90 bits per heavy atom. The third kappa shape index (κ3) is 1.60. The van der Waals surface area contributed by atoms with Crippen LogP contribution < -0.4 is 0 Å². The number of allylic oxidation sites excluding steroid dienone is 3. The normalized spacial score (nSPS) is 27.6. The van der Waals surface area contributed by atoms with E-state index in [1.165, 1.54) is 13.4 Å². The van der Waals surface area contributed by atoms with Crippen LogP contribution in [0.4, 0.5) is 0 Å². The summed E-state index contributed by atoms with van der Waals surface area (Å²) in [7, 11) is 1.35. The minimum atomic E-state index is -0.402. The van der Waals surface area contributed by atoms with Crippen molar-refractivity contribution >= 4 is 17.8 Å². The van der Waals surface area contributed by atoms with E-state index < -0.39 is 5.97 Å². The number of rotatable bonds is 1. The lowest BCUT2D eigenvalue weighted by Crippen LogP contribution is -2.38. The van der Waals surface area contributed by atoms with Crippen molar-refractivity contribution in [1.82, 2.24) is 0 Å². The van der Waals surface area contributed by atoms with E-state index in [0.29, 0.717) is 17.7 Å². The van der Waals surface area contributed by atoms with Crippen molar-refractivity contribution < 1.29 is 18.7 Å². The number of carbonyl (C=O) groups excluding carboxylic acids is 2. The first-order chi connectivity index (χ1) is 9.47. The molecule has 0 spiro atoms. The molecule has 0 aliphatic heterocycles. The van der Waals surface area contributed by atoms with Crippen molar-refractivity contribution in [3.05, 3.63) is 40.9 Å². The van der Waals surface area contributed by atoms with Crippen LogP contribution in [0.25, 0.3) is 6.08 Å². The van der Waals surface area contributed by atoms with E-state index in [-0.39, 0.29) is 17.1 Å². The van der Waals surface area contributed by atoms with Gasteiger partial charge in [-0.1, -0.05) is 19.9 Å². The van der Waals surface area contributed by atoms with Gasteiger partial charge in [0.05, 0.1) is 7.11 Å². The molecule has 0 radical (unpaired) electrons. The Morgan fingerprint density at radius 2 is 2.20 bits per heavy atom. The minimum Gasteiger partial charge on any atom is -0.465 e. The summed E-state index contributed by atoms with van der Waals surface area (Å²) in [6.45, 7) is 3.99. The Morgan fingerprint density at radius 1 is 1.45 bits per heavy atom. The fraction of sp³-hybridized carbons (Fsp3) is 0.375. The smallest absolute Gasteiger partial charge is 0.341 e. The summed E-state index contributed by atoms with van der Waals surface area (Å²) in [6.07, 6.45) is 7.43. The van der Waals surface area contributed by atoms with Crippen LogP contribution >= 0.6 is 0 Å². The third-order valence-corrected chi connectivity index (χ3v) is 4.63. The molecular weight excluding hydrogens is 256 g/mol. The number of fused-ring (bicyclic) bond motifs is 2. The molecule has 4 nitrogen and oxygen atoms in total. The molecule has 4 heteroatoms. The highest BCUT2D eigenvalue weighted by molar-refractivity contribution is 5.96. The van der Waals surface area contributed by atoms with E-state index in [9.17, 15) is 9.59 Å². The fourth-order valence-corrected chi connectivity index (χ4v) is 3.03. The van der Waals surface area contributed by atoms with E-state index in [2.05, 4.69) is 6.92 Å². The monoisotopic (exact) mass is 272 g/mol. The number of hydrogen-bond donors (Lipinski definition) is 0.